The third kappa shape index (κ3) is 8.22. The predicted octanol–water partition coefficient (Wildman–Crippen LogP) is 8.17. The van der Waals surface area contributed by atoms with Crippen molar-refractivity contribution >= 4 is 0 Å². The zero-order chi connectivity index (χ0) is 28.8. The summed E-state index contributed by atoms with van der Waals surface area (Å²) >= 11 is 0. The van der Waals surface area contributed by atoms with Gasteiger partial charge in [-0.2, -0.15) is 8.78 Å². The predicted molar refractivity (Wildman–Crippen MR) is 145 cm³/mol. The Morgan fingerprint density at radius 2 is 1.37 bits per heavy atom. The van der Waals surface area contributed by atoms with E-state index in [0.29, 0.717) is 36.5 Å². The smallest absolute Gasteiger partial charge is 0.352 e. The van der Waals surface area contributed by atoms with Crippen molar-refractivity contribution in [3.63, 3.8) is 0 Å². The highest BCUT2D eigenvalue weighted by Gasteiger charge is 2.47. The van der Waals surface area contributed by atoms with Crippen LogP contribution in [0, 0.1) is 41.2 Å². The number of hydrogen-bond donors (Lipinski definition) is 0. The Bertz CT molecular complexity index is 932. The summed E-state index contributed by atoms with van der Waals surface area (Å²) in [5, 5.41) is 0. The Hall–Kier alpha value is -1.26. The van der Waals surface area contributed by atoms with E-state index < -0.39 is 36.1 Å². The highest BCUT2D eigenvalue weighted by molar-refractivity contribution is 5.19. The van der Waals surface area contributed by atoms with Crippen molar-refractivity contribution in [3.8, 4) is 0 Å². The van der Waals surface area contributed by atoms with Gasteiger partial charge in [-0.3, -0.25) is 0 Å². The molecule has 2 heterocycles. The summed E-state index contributed by atoms with van der Waals surface area (Å²) in [6.07, 6.45) is 7.57. The zero-order valence-electron chi connectivity index (χ0n) is 24.2. The fraction of sp³-hybridized carbons (Fsp3) is 0.812. The fourth-order valence-electron chi connectivity index (χ4n) is 7.11. The number of benzene rings is 1. The summed E-state index contributed by atoms with van der Waals surface area (Å²) in [5.41, 5.74) is 0.254. The summed E-state index contributed by atoms with van der Waals surface area (Å²) in [4.78, 5) is 0. The Balaban J connectivity index is 0.990. The summed E-state index contributed by atoms with van der Waals surface area (Å²) in [5.74, 6) is -1.10. The van der Waals surface area contributed by atoms with Crippen LogP contribution in [0.1, 0.15) is 95.8 Å². The molecular formula is C32H46F4O5. The highest BCUT2D eigenvalue weighted by atomic mass is 19.3. The molecule has 0 N–H and O–H groups in total. The molecule has 0 bridgehead atoms. The van der Waals surface area contributed by atoms with Gasteiger partial charge in [-0.25, -0.2) is 8.78 Å². The standard InChI is InChI=1S/C32H46F4O5/c1-2-3-4-5-21-17-37-30(38-18-21)24-8-6-22(7-9-24)23-10-13-27(14-11-23)41-32(35,36)26-19-39-31(40-20-26)25-12-15-28(33)29(34)16-25/h12,15-16,21-24,26-27,30-31H,2-11,13-14,17-20H2,1H3. The number of alkyl halides is 2. The van der Waals surface area contributed by atoms with E-state index in [0.717, 1.165) is 63.9 Å². The Labute approximate surface area is 241 Å². The van der Waals surface area contributed by atoms with Crippen LogP contribution in [-0.2, 0) is 23.7 Å². The van der Waals surface area contributed by atoms with E-state index in [1.54, 1.807) is 0 Å². The first-order valence-electron chi connectivity index (χ1n) is 15.8. The molecule has 9 heteroatoms. The van der Waals surface area contributed by atoms with Crippen molar-refractivity contribution in [1.82, 2.24) is 0 Å². The Morgan fingerprint density at radius 3 is 1.98 bits per heavy atom. The molecule has 1 aromatic carbocycles. The fourth-order valence-corrected chi connectivity index (χ4v) is 7.11. The van der Waals surface area contributed by atoms with E-state index in [2.05, 4.69) is 6.92 Å². The lowest BCUT2D eigenvalue weighted by Crippen LogP contribution is -2.44. The van der Waals surface area contributed by atoms with Gasteiger partial charge in [0.05, 0.1) is 38.4 Å². The van der Waals surface area contributed by atoms with Gasteiger partial charge >= 0.3 is 6.11 Å². The van der Waals surface area contributed by atoms with Crippen molar-refractivity contribution in [3.05, 3.63) is 35.4 Å². The van der Waals surface area contributed by atoms with E-state index in [4.69, 9.17) is 23.7 Å². The maximum absolute atomic E-state index is 15.0. The maximum atomic E-state index is 15.0. The van der Waals surface area contributed by atoms with Crippen LogP contribution in [-0.4, -0.2) is 44.9 Å². The molecule has 41 heavy (non-hydrogen) atoms. The average molecular weight is 587 g/mol. The van der Waals surface area contributed by atoms with Gasteiger partial charge in [0.1, 0.15) is 0 Å². The molecular weight excluding hydrogens is 540 g/mol. The van der Waals surface area contributed by atoms with E-state index in [1.165, 1.54) is 31.7 Å². The lowest BCUT2D eigenvalue weighted by atomic mass is 9.70. The number of halogens is 4. The molecule has 0 unspecified atom stereocenters. The minimum atomic E-state index is -3.39. The molecule has 232 valence electrons. The normalized spacial score (nSPS) is 35.3. The van der Waals surface area contributed by atoms with Gasteiger partial charge in [0.15, 0.2) is 24.2 Å². The molecule has 2 aliphatic carbocycles. The van der Waals surface area contributed by atoms with Crippen molar-refractivity contribution < 1.29 is 41.2 Å². The van der Waals surface area contributed by atoms with Crippen LogP contribution < -0.4 is 0 Å². The van der Waals surface area contributed by atoms with Crippen LogP contribution in [0.4, 0.5) is 17.6 Å². The second-order valence-corrected chi connectivity index (χ2v) is 12.7. The first-order chi connectivity index (χ1) is 19.8. The third-order valence-corrected chi connectivity index (χ3v) is 9.71. The van der Waals surface area contributed by atoms with Gasteiger partial charge in [0, 0.05) is 17.4 Å². The van der Waals surface area contributed by atoms with Crippen LogP contribution >= 0.6 is 0 Å². The van der Waals surface area contributed by atoms with Gasteiger partial charge in [-0.1, -0.05) is 32.3 Å². The first kappa shape index (κ1) is 31.2. The molecule has 1 aromatic rings. The largest absolute Gasteiger partial charge is 0.363 e. The molecule has 0 amide bonds. The summed E-state index contributed by atoms with van der Waals surface area (Å²) in [6.45, 7) is 3.28. The van der Waals surface area contributed by atoms with Crippen LogP contribution in [0.3, 0.4) is 0 Å². The van der Waals surface area contributed by atoms with Crippen molar-refractivity contribution in [1.29, 1.82) is 0 Å². The molecule has 5 rings (SSSR count). The van der Waals surface area contributed by atoms with Crippen molar-refractivity contribution in [2.75, 3.05) is 26.4 Å². The number of rotatable bonds is 10. The molecule has 5 nitrogen and oxygen atoms in total. The molecule has 4 aliphatic rings. The quantitative estimate of drug-likeness (QED) is 0.204. The van der Waals surface area contributed by atoms with Crippen LogP contribution in [0.5, 0.6) is 0 Å². The van der Waals surface area contributed by atoms with E-state index in [-0.39, 0.29) is 25.1 Å². The third-order valence-electron chi connectivity index (χ3n) is 9.71. The molecule has 2 aliphatic heterocycles. The number of hydrogen-bond acceptors (Lipinski definition) is 5. The molecule has 2 saturated heterocycles. The molecule has 0 radical (unpaired) electrons. The van der Waals surface area contributed by atoms with Gasteiger partial charge in [0.2, 0.25) is 0 Å². The van der Waals surface area contributed by atoms with Gasteiger partial charge < -0.3 is 23.7 Å². The van der Waals surface area contributed by atoms with Crippen LogP contribution in [0.15, 0.2) is 18.2 Å². The van der Waals surface area contributed by atoms with Crippen molar-refractivity contribution in [2.24, 2.45) is 29.6 Å². The minimum Gasteiger partial charge on any atom is -0.352 e. The summed E-state index contributed by atoms with van der Waals surface area (Å²) in [6, 6.07) is 3.25. The SMILES string of the molecule is CCCCCC1COC(C2CCC(C3CCC(OC(F)(F)C4COC(c5ccc(F)c(F)c5)OC4)CC3)CC2)OC1. The second kappa shape index (κ2) is 14.5. The van der Waals surface area contributed by atoms with Gasteiger partial charge in [-0.15, -0.1) is 0 Å². The molecule has 0 atom stereocenters. The maximum Gasteiger partial charge on any atom is 0.363 e. The topological polar surface area (TPSA) is 46.2 Å². The monoisotopic (exact) mass is 586 g/mol. The summed E-state index contributed by atoms with van der Waals surface area (Å²) in [7, 11) is 0. The second-order valence-electron chi connectivity index (χ2n) is 12.7. The number of unbranched alkanes of at least 4 members (excludes halogenated alkanes) is 2. The highest BCUT2D eigenvalue weighted by Crippen LogP contribution is 2.44. The molecule has 4 fully saturated rings. The first-order valence-corrected chi connectivity index (χ1v) is 15.8. The average Bonchev–Trinajstić information content (AvgIpc) is 2.99. The van der Waals surface area contributed by atoms with Gasteiger partial charge in [-0.05, 0) is 81.8 Å². The van der Waals surface area contributed by atoms with Crippen LogP contribution in [0.2, 0.25) is 0 Å². The van der Waals surface area contributed by atoms with Gasteiger partial charge in [0.25, 0.3) is 0 Å². The lowest BCUT2D eigenvalue weighted by Gasteiger charge is -2.41. The Kier molecular flexibility index (Phi) is 11.0. The lowest BCUT2D eigenvalue weighted by molar-refractivity contribution is -0.338. The summed E-state index contributed by atoms with van der Waals surface area (Å²) < 4.78 is 85.2. The van der Waals surface area contributed by atoms with Crippen LogP contribution in [0.25, 0.3) is 0 Å². The zero-order valence-corrected chi connectivity index (χ0v) is 24.2. The molecule has 2 saturated carbocycles. The molecule has 0 aromatic heterocycles. The van der Waals surface area contributed by atoms with E-state index in [1.807, 2.05) is 0 Å². The van der Waals surface area contributed by atoms with Crippen molar-refractivity contribution in [2.45, 2.75) is 109 Å². The van der Waals surface area contributed by atoms with E-state index >= 15 is 0 Å². The molecule has 0 spiro atoms. The van der Waals surface area contributed by atoms with E-state index in [9.17, 15) is 17.6 Å². The minimum absolute atomic E-state index is 0.0652. The Morgan fingerprint density at radius 1 is 0.756 bits per heavy atom. The number of ether oxygens (including phenoxy) is 5.